The molecule has 1 aliphatic rings. The number of hydrogen-bond acceptors (Lipinski definition) is 3. The third-order valence-corrected chi connectivity index (χ3v) is 2.87. The Morgan fingerprint density at radius 2 is 2.12 bits per heavy atom. The number of hydrogen-bond donors (Lipinski definition) is 1. The Kier molecular flexibility index (Phi) is 2.78. The van der Waals surface area contributed by atoms with Crippen LogP contribution in [0.4, 0.5) is 5.69 Å². The van der Waals surface area contributed by atoms with E-state index in [4.69, 9.17) is 10.4 Å². The minimum Gasteiger partial charge on any atom is -0.480 e. The Balaban J connectivity index is 2.23. The van der Waals surface area contributed by atoms with Gasteiger partial charge in [-0.3, -0.25) is 0 Å². The molecular formula is C12H12N2O2. The number of carboxylic acids is 1. The van der Waals surface area contributed by atoms with Crippen molar-refractivity contribution < 1.29 is 9.90 Å². The lowest BCUT2D eigenvalue weighted by molar-refractivity contribution is -0.138. The van der Waals surface area contributed by atoms with E-state index in [1.807, 2.05) is 11.0 Å². The molecule has 1 aliphatic heterocycles. The molecule has 82 valence electrons. The monoisotopic (exact) mass is 216 g/mol. The first-order chi connectivity index (χ1) is 7.72. The lowest BCUT2D eigenvalue weighted by Crippen LogP contribution is -2.35. The number of nitrogens with zero attached hydrogens (tertiary/aromatic N) is 2. The van der Waals surface area contributed by atoms with Crippen molar-refractivity contribution in [2.45, 2.75) is 18.9 Å². The van der Waals surface area contributed by atoms with Gasteiger partial charge in [-0.1, -0.05) is 0 Å². The molecule has 0 bridgehead atoms. The Bertz CT molecular complexity index is 433. The van der Waals surface area contributed by atoms with Crippen LogP contribution >= 0.6 is 0 Å². The fraction of sp³-hybridized carbons (Fsp3) is 0.333. The molecule has 1 aromatic rings. The van der Waals surface area contributed by atoms with Gasteiger partial charge in [0.05, 0.1) is 11.6 Å². The molecule has 1 atom stereocenters. The predicted molar refractivity (Wildman–Crippen MR) is 59.2 cm³/mol. The lowest BCUT2D eigenvalue weighted by Gasteiger charge is -2.23. The van der Waals surface area contributed by atoms with Gasteiger partial charge < -0.3 is 10.0 Å². The number of carbonyl (C=O) groups is 1. The van der Waals surface area contributed by atoms with Crippen LogP contribution in [-0.2, 0) is 4.79 Å². The summed E-state index contributed by atoms with van der Waals surface area (Å²) in [5, 5.41) is 17.7. The Morgan fingerprint density at radius 3 is 2.69 bits per heavy atom. The fourth-order valence-corrected chi connectivity index (χ4v) is 2.06. The molecule has 0 aliphatic carbocycles. The Morgan fingerprint density at radius 1 is 1.44 bits per heavy atom. The van der Waals surface area contributed by atoms with Gasteiger partial charge in [0.15, 0.2) is 0 Å². The minimum absolute atomic E-state index is 0.423. The number of carboxylic acid groups (broad SMARTS) is 1. The van der Waals surface area contributed by atoms with Gasteiger partial charge in [-0.25, -0.2) is 4.79 Å². The molecule has 16 heavy (non-hydrogen) atoms. The van der Waals surface area contributed by atoms with Gasteiger partial charge in [0.1, 0.15) is 6.04 Å². The van der Waals surface area contributed by atoms with Crippen molar-refractivity contribution in [3.63, 3.8) is 0 Å². The number of anilines is 1. The molecule has 1 N–H and O–H groups in total. The average Bonchev–Trinajstić information content (AvgIpc) is 2.78. The minimum atomic E-state index is -0.776. The van der Waals surface area contributed by atoms with Gasteiger partial charge in [-0.2, -0.15) is 5.26 Å². The van der Waals surface area contributed by atoms with Crippen molar-refractivity contribution in [1.82, 2.24) is 0 Å². The van der Waals surface area contributed by atoms with Crippen molar-refractivity contribution in [1.29, 1.82) is 5.26 Å². The largest absolute Gasteiger partial charge is 0.480 e. The predicted octanol–water partition coefficient (Wildman–Crippen LogP) is 1.61. The highest BCUT2D eigenvalue weighted by molar-refractivity contribution is 5.79. The SMILES string of the molecule is N#Cc1ccc(N2CCC[C@@H]2C(=O)O)cc1. The highest BCUT2D eigenvalue weighted by Crippen LogP contribution is 2.25. The number of aliphatic carboxylic acids is 1. The highest BCUT2D eigenvalue weighted by atomic mass is 16.4. The average molecular weight is 216 g/mol. The van der Waals surface area contributed by atoms with Gasteiger partial charge in [-0.15, -0.1) is 0 Å². The zero-order valence-corrected chi connectivity index (χ0v) is 8.76. The molecular weight excluding hydrogens is 204 g/mol. The van der Waals surface area contributed by atoms with Crippen LogP contribution in [0.1, 0.15) is 18.4 Å². The second kappa shape index (κ2) is 4.23. The molecule has 0 unspecified atom stereocenters. The molecule has 4 heteroatoms. The molecule has 1 saturated heterocycles. The number of nitriles is 1. The highest BCUT2D eigenvalue weighted by Gasteiger charge is 2.30. The topological polar surface area (TPSA) is 64.3 Å². The summed E-state index contributed by atoms with van der Waals surface area (Å²) < 4.78 is 0. The first-order valence-electron chi connectivity index (χ1n) is 5.22. The summed E-state index contributed by atoms with van der Waals surface area (Å²) in [6.07, 6.45) is 1.59. The maximum Gasteiger partial charge on any atom is 0.326 e. The molecule has 0 amide bonds. The quantitative estimate of drug-likeness (QED) is 0.815. The van der Waals surface area contributed by atoms with Crippen LogP contribution < -0.4 is 4.90 Å². The van der Waals surface area contributed by atoms with Gasteiger partial charge >= 0.3 is 5.97 Å². The third kappa shape index (κ3) is 1.84. The molecule has 0 spiro atoms. The standard InChI is InChI=1S/C12H12N2O2/c13-8-9-3-5-10(6-4-9)14-7-1-2-11(14)12(15)16/h3-6,11H,1-2,7H2,(H,15,16)/t11-/m1/s1. The normalized spacial score (nSPS) is 19.4. The van der Waals surface area contributed by atoms with Crippen LogP contribution in [0.2, 0.25) is 0 Å². The van der Waals surface area contributed by atoms with E-state index in [9.17, 15) is 4.79 Å². The van der Waals surface area contributed by atoms with Gasteiger partial charge in [-0.05, 0) is 37.1 Å². The van der Waals surface area contributed by atoms with E-state index in [1.54, 1.807) is 24.3 Å². The zero-order valence-electron chi connectivity index (χ0n) is 8.76. The summed E-state index contributed by atoms with van der Waals surface area (Å²) >= 11 is 0. The molecule has 4 nitrogen and oxygen atoms in total. The second-order valence-corrected chi connectivity index (χ2v) is 3.85. The lowest BCUT2D eigenvalue weighted by atomic mass is 10.2. The fourth-order valence-electron chi connectivity index (χ4n) is 2.06. The molecule has 2 rings (SSSR count). The van der Waals surface area contributed by atoms with Crippen molar-refractivity contribution in [3.05, 3.63) is 29.8 Å². The van der Waals surface area contributed by atoms with Crippen molar-refractivity contribution >= 4 is 11.7 Å². The second-order valence-electron chi connectivity index (χ2n) is 3.85. The first-order valence-corrected chi connectivity index (χ1v) is 5.22. The van der Waals surface area contributed by atoms with Crippen LogP contribution in [0.25, 0.3) is 0 Å². The van der Waals surface area contributed by atoms with Gasteiger partial charge in [0, 0.05) is 12.2 Å². The molecule has 1 aromatic carbocycles. The van der Waals surface area contributed by atoms with Crippen LogP contribution in [0.5, 0.6) is 0 Å². The van der Waals surface area contributed by atoms with Crippen LogP contribution in [0, 0.1) is 11.3 Å². The van der Waals surface area contributed by atoms with Gasteiger partial charge in [0.2, 0.25) is 0 Å². The summed E-state index contributed by atoms with van der Waals surface area (Å²) in [5.74, 6) is -0.776. The zero-order chi connectivity index (χ0) is 11.5. The summed E-state index contributed by atoms with van der Waals surface area (Å²) in [4.78, 5) is 12.9. The van der Waals surface area contributed by atoms with E-state index in [1.165, 1.54) is 0 Å². The third-order valence-electron chi connectivity index (χ3n) is 2.87. The van der Waals surface area contributed by atoms with Crippen LogP contribution in [-0.4, -0.2) is 23.7 Å². The van der Waals surface area contributed by atoms with E-state index < -0.39 is 12.0 Å². The smallest absolute Gasteiger partial charge is 0.326 e. The number of benzene rings is 1. The maximum absolute atomic E-state index is 11.0. The Hall–Kier alpha value is -2.02. The van der Waals surface area contributed by atoms with Crippen molar-refractivity contribution in [2.24, 2.45) is 0 Å². The summed E-state index contributed by atoms with van der Waals surface area (Å²) in [7, 11) is 0. The van der Waals surface area contributed by atoms with Gasteiger partial charge in [0.25, 0.3) is 0 Å². The van der Waals surface area contributed by atoms with Crippen LogP contribution in [0.3, 0.4) is 0 Å². The molecule has 1 fully saturated rings. The molecule has 0 saturated carbocycles. The van der Waals surface area contributed by atoms with E-state index in [0.29, 0.717) is 12.0 Å². The molecule has 0 radical (unpaired) electrons. The summed E-state index contributed by atoms with van der Waals surface area (Å²) in [6, 6.07) is 8.66. The summed E-state index contributed by atoms with van der Waals surface area (Å²) in [6.45, 7) is 0.767. The van der Waals surface area contributed by atoms with E-state index in [2.05, 4.69) is 0 Å². The Labute approximate surface area is 93.7 Å². The van der Waals surface area contributed by atoms with E-state index in [-0.39, 0.29) is 0 Å². The summed E-state index contributed by atoms with van der Waals surface area (Å²) in [5.41, 5.74) is 1.47. The molecule has 0 aromatic heterocycles. The maximum atomic E-state index is 11.0. The van der Waals surface area contributed by atoms with Crippen LogP contribution in [0.15, 0.2) is 24.3 Å². The van der Waals surface area contributed by atoms with E-state index in [0.717, 1.165) is 18.7 Å². The number of rotatable bonds is 2. The van der Waals surface area contributed by atoms with Crippen molar-refractivity contribution in [2.75, 3.05) is 11.4 Å². The molecule has 1 heterocycles. The first kappa shape index (κ1) is 10.5. The van der Waals surface area contributed by atoms with E-state index >= 15 is 0 Å². The van der Waals surface area contributed by atoms with Crippen molar-refractivity contribution in [3.8, 4) is 6.07 Å².